The molecule has 0 unspecified atom stereocenters. The molecule has 1 spiro atoms. The highest BCUT2D eigenvalue weighted by atomic mass is 16.6. The lowest BCUT2D eigenvalue weighted by Crippen LogP contribution is -2.76. The summed E-state index contributed by atoms with van der Waals surface area (Å²) >= 11 is 0. The number of urea groups is 1. The third-order valence-corrected chi connectivity index (χ3v) is 5.97. The van der Waals surface area contributed by atoms with E-state index in [1.165, 1.54) is 12.1 Å². The number of fused-ring (bicyclic) bond motifs is 4. The van der Waals surface area contributed by atoms with Crippen molar-refractivity contribution in [2.45, 2.75) is 45.4 Å². The van der Waals surface area contributed by atoms with Gasteiger partial charge in [0.05, 0.1) is 23.2 Å². The second kappa shape index (κ2) is 6.51. The number of non-ortho nitro benzene ring substituents is 1. The maximum atomic E-state index is 13.1. The second-order valence-corrected chi connectivity index (χ2v) is 8.21. The molecule has 0 saturated carbocycles. The molecule has 1 aromatic rings. The van der Waals surface area contributed by atoms with Crippen molar-refractivity contribution in [1.29, 1.82) is 0 Å². The van der Waals surface area contributed by atoms with E-state index in [9.17, 15) is 24.5 Å². The number of barbiturate groups is 1. The average molecular weight is 402 g/mol. The Bertz CT molecular complexity index is 909. The van der Waals surface area contributed by atoms with Crippen LogP contribution in [0.25, 0.3) is 0 Å². The molecule has 4 amide bonds. The van der Waals surface area contributed by atoms with Gasteiger partial charge in [0, 0.05) is 30.8 Å². The molecule has 3 heterocycles. The molecule has 10 heteroatoms. The predicted molar refractivity (Wildman–Crippen MR) is 101 cm³/mol. The summed E-state index contributed by atoms with van der Waals surface area (Å²) in [5, 5.41) is 15.7. The first-order valence-corrected chi connectivity index (χ1v) is 9.51. The van der Waals surface area contributed by atoms with Gasteiger partial charge in [-0.05, 0) is 24.5 Å². The van der Waals surface area contributed by atoms with Gasteiger partial charge in [0.2, 0.25) is 11.8 Å². The van der Waals surface area contributed by atoms with E-state index in [0.29, 0.717) is 12.1 Å². The summed E-state index contributed by atoms with van der Waals surface area (Å²) in [6.45, 7) is 6.21. The number of benzene rings is 1. The van der Waals surface area contributed by atoms with Gasteiger partial charge in [0.1, 0.15) is 0 Å². The fourth-order valence-electron chi connectivity index (χ4n) is 4.78. The van der Waals surface area contributed by atoms with Crippen molar-refractivity contribution >= 4 is 29.2 Å². The lowest BCUT2D eigenvalue weighted by Gasteiger charge is -2.56. The highest BCUT2D eigenvalue weighted by molar-refractivity contribution is 6.20. The molecule has 4 rings (SSSR count). The van der Waals surface area contributed by atoms with E-state index in [-0.39, 0.29) is 24.1 Å². The Hall–Kier alpha value is -3.01. The molecule has 0 aliphatic carbocycles. The van der Waals surface area contributed by atoms with Crippen LogP contribution >= 0.6 is 0 Å². The molecule has 29 heavy (non-hydrogen) atoms. The third-order valence-electron chi connectivity index (χ3n) is 5.97. The topological polar surface area (TPSA) is 131 Å². The number of carbonyl (C=O) groups is 3. The van der Waals surface area contributed by atoms with E-state index in [1.807, 2.05) is 25.7 Å². The molecule has 1 aromatic carbocycles. The van der Waals surface area contributed by atoms with E-state index in [2.05, 4.69) is 10.6 Å². The molecule has 154 valence electrons. The average Bonchev–Trinajstić information content (AvgIpc) is 2.64. The number of hydrogen-bond donors (Lipinski definition) is 2. The van der Waals surface area contributed by atoms with Crippen molar-refractivity contribution in [1.82, 2.24) is 10.6 Å². The molecule has 3 aliphatic heterocycles. The van der Waals surface area contributed by atoms with Crippen LogP contribution in [-0.4, -0.2) is 47.6 Å². The van der Waals surface area contributed by atoms with E-state index in [4.69, 9.17) is 4.74 Å². The van der Waals surface area contributed by atoms with Gasteiger partial charge < -0.3 is 9.64 Å². The standard InChI is InChI=1S/C19H22N4O6/c1-9(2)14-15-19(16(24)20-18(26)21-17(19)25)7-11-6-12(23(27)28)4-5-13(11)22(15)8-10(3)29-14/h4-6,9-10,14-15H,7-8H2,1-3H3,(H2,20,21,24,25,26)/t10-,14+,15-/m0/s1. The van der Waals surface area contributed by atoms with Crippen LogP contribution in [0, 0.1) is 21.4 Å². The van der Waals surface area contributed by atoms with Crippen molar-refractivity contribution in [3.05, 3.63) is 33.9 Å². The fraction of sp³-hybridized carbons (Fsp3) is 0.526. The number of hydrogen-bond acceptors (Lipinski definition) is 7. The largest absolute Gasteiger partial charge is 0.371 e. The SMILES string of the molecule is CC(C)[C@H]1O[C@@H](C)CN2c3ccc([N+](=O)[O-])cc3CC3(C(=O)NC(=O)NC3=O)[C@H]12. The lowest BCUT2D eigenvalue weighted by atomic mass is 9.65. The van der Waals surface area contributed by atoms with Crippen LogP contribution in [0.3, 0.4) is 0 Å². The summed E-state index contributed by atoms with van der Waals surface area (Å²) in [4.78, 5) is 50.7. The van der Waals surface area contributed by atoms with E-state index < -0.39 is 40.3 Å². The number of imide groups is 2. The van der Waals surface area contributed by atoms with Gasteiger partial charge in [0.25, 0.3) is 5.69 Å². The fourth-order valence-corrected chi connectivity index (χ4v) is 4.78. The number of nitro groups is 1. The first-order chi connectivity index (χ1) is 13.6. The molecule has 0 bridgehead atoms. The summed E-state index contributed by atoms with van der Waals surface area (Å²) in [5.74, 6) is -1.43. The molecular weight excluding hydrogens is 380 g/mol. The second-order valence-electron chi connectivity index (χ2n) is 8.21. The van der Waals surface area contributed by atoms with Crippen LogP contribution < -0.4 is 15.5 Å². The summed E-state index contributed by atoms with van der Waals surface area (Å²) in [5.41, 5.74) is -0.492. The number of amides is 4. The van der Waals surface area contributed by atoms with Crippen LogP contribution in [0.2, 0.25) is 0 Å². The van der Waals surface area contributed by atoms with E-state index >= 15 is 0 Å². The number of morpholine rings is 1. The molecule has 3 atom stereocenters. The maximum absolute atomic E-state index is 13.1. The summed E-state index contributed by atoms with van der Waals surface area (Å²) < 4.78 is 6.15. The summed E-state index contributed by atoms with van der Waals surface area (Å²) in [7, 11) is 0. The molecule has 2 N–H and O–H groups in total. The number of ether oxygens (including phenoxy) is 1. The number of nitrogens with one attached hydrogen (secondary N) is 2. The first-order valence-electron chi connectivity index (χ1n) is 9.51. The van der Waals surface area contributed by atoms with Crippen molar-refractivity contribution < 1.29 is 24.0 Å². The Balaban J connectivity index is 1.94. The van der Waals surface area contributed by atoms with Crippen molar-refractivity contribution in [3.63, 3.8) is 0 Å². The molecule has 3 aliphatic rings. The van der Waals surface area contributed by atoms with Gasteiger partial charge in [-0.2, -0.15) is 0 Å². The first kappa shape index (κ1) is 19.3. The zero-order valence-electron chi connectivity index (χ0n) is 16.3. The summed E-state index contributed by atoms with van der Waals surface area (Å²) in [6.07, 6.45) is -0.683. The van der Waals surface area contributed by atoms with Gasteiger partial charge >= 0.3 is 6.03 Å². The number of carbonyl (C=O) groups excluding carboxylic acids is 3. The minimum Gasteiger partial charge on any atom is -0.371 e. The maximum Gasteiger partial charge on any atom is 0.328 e. The zero-order chi connectivity index (χ0) is 21.1. The predicted octanol–water partition coefficient (Wildman–Crippen LogP) is 1.12. The number of anilines is 1. The van der Waals surface area contributed by atoms with Gasteiger partial charge in [-0.3, -0.25) is 30.3 Å². The van der Waals surface area contributed by atoms with Crippen LogP contribution in [0.15, 0.2) is 18.2 Å². The molecule has 0 radical (unpaired) electrons. The number of nitro benzene ring substituents is 1. The molecule has 2 fully saturated rings. The van der Waals surface area contributed by atoms with Crippen molar-refractivity contribution in [2.75, 3.05) is 11.4 Å². The normalized spacial score (nSPS) is 27.9. The van der Waals surface area contributed by atoms with E-state index in [0.717, 1.165) is 5.69 Å². The molecule has 2 saturated heterocycles. The number of nitrogens with zero attached hydrogens (tertiary/aromatic N) is 2. The van der Waals surface area contributed by atoms with Crippen molar-refractivity contribution in [3.8, 4) is 0 Å². The zero-order valence-corrected chi connectivity index (χ0v) is 16.3. The van der Waals surface area contributed by atoms with Gasteiger partial charge in [-0.1, -0.05) is 13.8 Å². The van der Waals surface area contributed by atoms with E-state index in [1.54, 1.807) is 6.07 Å². The smallest absolute Gasteiger partial charge is 0.328 e. The van der Waals surface area contributed by atoms with Crippen LogP contribution in [0.5, 0.6) is 0 Å². The minimum atomic E-state index is -1.63. The van der Waals surface area contributed by atoms with Gasteiger partial charge in [0.15, 0.2) is 5.41 Å². The highest BCUT2D eigenvalue weighted by Crippen LogP contribution is 2.48. The van der Waals surface area contributed by atoms with Gasteiger partial charge in [-0.15, -0.1) is 0 Å². The Labute approximate surface area is 166 Å². The lowest BCUT2D eigenvalue weighted by molar-refractivity contribution is -0.384. The van der Waals surface area contributed by atoms with Crippen LogP contribution in [0.1, 0.15) is 26.3 Å². The van der Waals surface area contributed by atoms with Gasteiger partial charge in [-0.25, -0.2) is 4.79 Å². The highest BCUT2D eigenvalue weighted by Gasteiger charge is 2.63. The molecule has 10 nitrogen and oxygen atoms in total. The monoisotopic (exact) mass is 402 g/mol. The van der Waals surface area contributed by atoms with Crippen molar-refractivity contribution in [2.24, 2.45) is 11.3 Å². The third kappa shape index (κ3) is 2.78. The minimum absolute atomic E-state index is 0.0139. The van der Waals surface area contributed by atoms with Crippen LogP contribution in [-0.2, 0) is 20.7 Å². The Morgan fingerprint density at radius 2 is 1.90 bits per heavy atom. The molecular formula is C19H22N4O6. The molecule has 0 aromatic heterocycles. The van der Waals surface area contributed by atoms with Crippen LogP contribution in [0.4, 0.5) is 16.2 Å². The summed E-state index contributed by atoms with van der Waals surface area (Å²) in [6, 6.07) is 2.96. The number of rotatable bonds is 2. The quantitative estimate of drug-likeness (QED) is 0.430. The Morgan fingerprint density at radius 1 is 1.24 bits per heavy atom. The Kier molecular flexibility index (Phi) is 4.34. The Morgan fingerprint density at radius 3 is 2.48 bits per heavy atom.